The molecule has 0 spiro atoms. The summed E-state index contributed by atoms with van der Waals surface area (Å²) in [7, 11) is 3.11. The molecule has 0 unspecified atom stereocenters. The van der Waals surface area contributed by atoms with Crippen LogP contribution in [-0.4, -0.2) is 44.1 Å². The number of imide groups is 1. The predicted octanol–water partition coefficient (Wildman–Crippen LogP) is 5.11. The molecule has 188 valence electrons. The first-order valence-corrected chi connectivity index (χ1v) is 12.1. The van der Waals surface area contributed by atoms with E-state index >= 15 is 0 Å². The molecule has 1 aliphatic rings. The highest BCUT2D eigenvalue weighted by molar-refractivity contribution is 6.19. The van der Waals surface area contributed by atoms with Crippen molar-refractivity contribution >= 4 is 17.9 Å². The normalized spacial score (nSPS) is 14.8. The molecule has 0 N–H and O–H groups in total. The lowest BCUT2D eigenvalue weighted by atomic mass is 9.93. The minimum absolute atomic E-state index is 0.0240. The molecule has 0 bridgehead atoms. The summed E-state index contributed by atoms with van der Waals surface area (Å²) in [6.07, 6.45) is 5.39. The zero-order valence-corrected chi connectivity index (χ0v) is 21.3. The van der Waals surface area contributed by atoms with E-state index < -0.39 is 11.8 Å². The van der Waals surface area contributed by atoms with Gasteiger partial charge in [-0.2, -0.15) is 5.26 Å². The quantitative estimate of drug-likeness (QED) is 0.248. The van der Waals surface area contributed by atoms with Gasteiger partial charge in [-0.25, -0.2) is 0 Å². The number of carbonyl (C=O) groups is 2. The van der Waals surface area contributed by atoms with Crippen molar-refractivity contribution in [3.8, 4) is 23.3 Å². The largest absolute Gasteiger partial charge is 0.494 e. The number of benzene rings is 2. The SMILES string of the molecule is CCCCCOc1ccc(/C=C2/C(=O)N(CCc3ccc(OC)c(OC)c3)C(=O)C(C#N)=C2C)cc1. The number of carbonyl (C=O) groups excluding carboxylic acids is 2. The third kappa shape index (κ3) is 6.14. The predicted molar refractivity (Wildman–Crippen MR) is 138 cm³/mol. The molecule has 0 aromatic heterocycles. The minimum Gasteiger partial charge on any atom is -0.494 e. The van der Waals surface area contributed by atoms with Crippen LogP contribution in [0.1, 0.15) is 44.2 Å². The summed E-state index contributed by atoms with van der Waals surface area (Å²) in [6.45, 7) is 4.58. The van der Waals surface area contributed by atoms with Gasteiger partial charge in [0.2, 0.25) is 0 Å². The molecule has 2 aromatic rings. The highest BCUT2D eigenvalue weighted by Crippen LogP contribution is 2.30. The van der Waals surface area contributed by atoms with Crippen LogP contribution in [0, 0.1) is 11.3 Å². The Morgan fingerprint density at radius 3 is 2.33 bits per heavy atom. The van der Waals surface area contributed by atoms with Gasteiger partial charge in [-0.15, -0.1) is 0 Å². The molecule has 1 aliphatic heterocycles. The zero-order valence-electron chi connectivity index (χ0n) is 21.3. The molecule has 1 heterocycles. The lowest BCUT2D eigenvalue weighted by Crippen LogP contribution is -2.43. The Morgan fingerprint density at radius 1 is 0.972 bits per heavy atom. The van der Waals surface area contributed by atoms with Crippen molar-refractivity contribution in [3.63, 3.8) is 0 Å². The van der Waals surface area contributed by atoms with Crippen molar-refractivity contribution in [2.75, 3.05) is 27.4 Å². The monoisotopic (exact) mass is 488 g/mol. The molecule has 7 heteroatoms. The fourth-order valence-corrected chi connectivity index (χ4v) is 3.98. The van der Waals surface area contributed by atoms with Gasteiger partial charge in [0.05, 0.1) is 20.8 Å². The summed E-state index contributed by atoms with van der Waals surface area (Å²) in [6, 6.07) is 14.9. The molecule has 0 atom stereocenters. The average Bonchev–Trinajstić information content (AvgIpc) is 2.90. The smallest absolute Gasteiger partial charge is 0.271 e. The fourth-order valence-electron chi connectivity index (χ4n) is 3.98. The molecular weight excluding hydrogens is 456 g/mol. The van der Waals surface area contributed by atoms with Crippen molar-refractivity contribution in [1.29, 1.82) is 5.26 Å². The first-order chi connectivity index (χ1) is 17.4. The third-order valence-corrected chi connectivity index (χ3v) is 6.11. The maximum absolute atomic E-state index is 13.4. The summed E-state index contributed by atoms with van der Waals surface area (Å²) in [4.78, 5) is 27.4. The molecule has 0 fully saturated rings. The highest BCUT2D eigenvalue weighted by Gasteiger charge is 2.35. The second-order valence-corrected chi connectivity index (χ2v) is 8.50. The first-order valence-electron chi connectivity index (χ1n) is 12.1. The van der Waals surface area contributed by atoms with Crippen LogP contribution in [-0.2, 0) is 16.0 Å². The molecule has 0 saturated carbocycles. The number of unbranched alkanes of at least 4 members (excludes halogenated alkanes) is 2. The molecule has 3 rings (SSSR count). The van der Waals surface area contributed by atoms with Gasteiger partial charge in [0, 0.05) is 12.1 Å². The lowest BCUT2D eigenvalue weighted by molar-refractivity contribution is -0.140. The van der Waals surface area contributed by atoms with Gasteiger partial charge in [-0.1, -0.05) is 38.0 Å². The molecule has 7 nitrogen and oxygen atoms in total. The van der Waals surface area contributed by atoms with Crippen LogP contribution in [0.5, 0.6) is 17.2 Å². The van der Waals surface area contributed by atoms with E-state index in [1.807, 2.05) is 42.5 Å². The number of nitriles is 1. The zero-order chi connectivity index (χ0) is 26.1. The Bertz CT molecular complexity index is 1210. The molecular formula is C29H32N2O5. The van der Waals surface area contributed by atoms with E-state index in [4.69, 9.17) is 14.2 Å². The van der Waals surface area contributed by atoms with Gasteiger partial charge in [-0.05, 0) is 66.8 Å². The van der Waals surface area contributed by atoms with Crippen LogP contribution in [0.4, 0.5) is 0 Å². The van der Waals surface area contributed by atoms with E-state index in [2.05, 4.69) is 6.92 Å². The number of nitrogens with zero attached hydrogens (tertiary/aromatic N) is 2. The maximum Gasteiger partial charge on any atom is 0.271 e. The van der Waals surface area contributed by atoms with E-state index in [1.165, 1.54) is 0 Å². The minimum atomic E-state index is -0.576. The van der Waals surface area contributed by atoms with Crippen molar-refractivity contribution in [2.24, 2.45) is 0 Å². The van der Waals surface area contributed by atoms with Crippen LogP contribution in [0.15, 0.2) is 59.2 Å². The second kappa shape index (κ2) is 12.6. The molecule has 2 aromatic carbocycles. The number of amides is 2. The van der Waals surface area contributed by atoms with Crippen molar-refractivity contribution in [3.05, 3.63) is 70.3 Å². The lowest BCUT2D eigenvalue weighted by Gasteiger charge is -2.27. The third-order valence-electron chi connectivity index (χ3n) is 6.11. The van der Waals surface area contributed by atoms with Crippen molar-refractivity contribution < 1.29 is 23.8 Å². The number of methoxy groups -OCH3 is 2. The van der Waals surface area contributed by atoms with Gasteiger partial charge >= 0.3 is 0 Å². The summed E-state index contributed by atoms with van der Waals surface area (Å²) in [5, 5.41) is 9.65. The van der Waals surface area contributed by atoms with Gasteiger partial charge < -0.3 is 14.2 Å². The Labute approximate surface area is 212 Å². The fraction of sp³-hybridized carbons (Fsp3) is 0.345. The van der Waals surface area contributed by atoms with E-state index in [9.17, 15) is 14.9 Å². The number of rotatable bonds is 11. The summed E-state index contributed by atoms with van der Waals surface area (Å²) in [5.74, 6) is 0.933. The Morgan fingerprint density at radius 2 is 1.69 bits per heavy atom. The molecule has 0 radical (unpaired) electrons. The molecule has 2 amide bonds. The van der Waals surface area contributed by atoms with Crippen LogP contribution in [0.3, 0.4) is 0 Å². The van der Waals surface area contributed by atoms with Gasteiger partial charge in [0.15, 0.2) is 11.5 Å². The number of ether oxygens (including phenoxy) is 3. The Hall–Kier alpha value is -4.05. The highest BCUT2D eigenvalue weighted by atomic mass is 16.5. The second-order valence-electron chi connectivity index (χ2n) is 8.50. The van der Waals surface area contributed by atoms with Crippen molar-refractivity contribution in [1.82, 2.24) is 4.90 Å². The van der Waals surface area contributed by atoms with Crippen LogP contribution < -0.4 is 14.2 Å². The van der Waals surface area contributed by atoms with E-state index in [0.29, 0.717) is 35.7 Å². The number of hydrogen-bond acceptors (Lipinski definition) is 6. The van der Waals surface area contributed by atoms with Gasteiger partial charge in [-0.3, -0.25) is 14.5 Å². The summed E-state index contributed by atoms with van der Waals surface area (Å²) >= 11 is 0. The molecule has 0 aliphatic carbocycles. The van der Waals surface area contributed by atoms with E-state index in [0.717, 1.165) is 41.0 Å². The molecule has 36 heavy (non-hydrogen) atoms. The summed E-state index contributed by atoms with van der Waals surface area (Å²) < 4.78 is 16.4. The van der Waals surface area contributed by atoms with Crippen LogP contribution in [0.2, 0.25) is 0 Å². The van der Waals surface area contributed by atoms with Gasteiger partial charge in [0.25, 0.3) is 11.8 Å². The summed E-state index contributed by atoms with van der Waals surface area (Å²) in [5.41, 5.74) is 2.34. The Kier molecular flexibility index (Phi) is 9.29. The average molecular weight is 489 g/mol. The standard InChI is InChI=1S/C29H32N2O5/c1-5-6-7-16-36-23-11-8-21(9-12-23)17-24-20(2)25(19-30)29(33)31(28(24)32)15-14-22-10-13-26(34-3)27(18-22)35-4/h8-13,17-18H,5-7,14-16H2,1-4H3/b24-17+. The van der Waals surface area contributed by atoms with Crippen LogP contribution in [0.25, 0.3) is 6.08 Å². The van der Waals surface area contributed by atoms with Crippen molar-refractivity contribution in [2.45, 2.75) is 39.5 Å². The molecule has 0 saturated heterocycles. The van der Waals surface area contributed by atoms with Gasteiger partial charge in [0.1, 0.15) is 17.4 Å². The Balaban J connectivity index is 1.80. The van der Waals surface area contributed by atoms with E-state index in [-0.39, 0.29) is 12.1 Å². The number of hydrogen-bond donors (Lipinski definition) is 0. The first kappa shape index (κ1) is 26.6. The van der Waals surface area contributed by atoms with E-state index in [1.54, 1.807) is 33.3 Å². The van der Waals surface area contributed by atoms with Crippen LogP contribution >= 0.6 is 0 Å². The maximum atomic E-state index is 13.4. The topological polar surface area (TPSA) is 88.9 Å².